The number of hydrogen-bond donors (Lipinski definition) is 0. The Kier molecular flexibility index (Phi) is 2.92. The van der Waals surface area contributed by atoms with Crippen molar-refractivity contribution in [1.82, 2.24) is 9.80 Å². The SMILES string of the molecule is Cc1ccc(F)c(C(=O)C2CN3CCN2CC3)c1. The average molecular weight is 248 g/mol. The predicted molar refractivity (Wildman–Crippen MR) is 67.3 cm³/mol. The molecule has 0 radical (unpaired) electrons. The molecule has 0 aliphatic carbocycles. The van der Waals surface area contributed by atoms with Gasteiger partial charge in [0.2, 0.25) is 0 Å². The largest absolute Gasteiger partial charge is 0.299 e. The van der Waals surface area contributed by atoms with Crippen LogP contribution in [0.2, 0.25) is 0 Å². The molecule has 4 rings (SSSR count). The van der Waals surface area contributed by atoms with Crippen molar-refractivity contribution in [2.75, 3.05) is 32.7 Å². The highest BCUT2D eigenvalue weighted by molar-refractivity contribution is 6.00. The summed E-state index contributed by atoms with van der Waals surface area (Å²) < 4.78 is 13.8. The Hall–Kier alpha value is -1.26. The van der Waals surface area contributed by atoms with Crippen LogP contribution in [-0.2, 0) is 0 Å². The van der Waals surface area contributed by atoms with E-state index in [4.69, 9.17) is 0 Å². The van der Waals surface area contributed by atoms with Crippen molar-refractivity contribution in [3.05, 3.63) is 35.1 Å². The van der Waals surface area contributed by atoms with Crippen LogP contribution in [0.4, 0.5) is 4.39 Å². The molecule has 3 heterocycles. The molecular formula is C14H17FN2O. The zero-order chi connectivity index (χ0) is 12.7. The first kappa shape index (κ1) is 11.8. The van der Waals surface area contributed by atoms with E-state index in [9.17, 15) is 9.18 Å². The number of carbonyl (C=O) groups is 1. The van der Waals surface area contributed by atoms with Crippen LogP contribution >= 0.6 is 0 Å². The van der Waals surface area contributed by atoms with Crippen molar-refractivity contribution in [2.24, 2.45) is 0 Å². The van der Waals surface area contributed by atoms with Crippen LogP contribution in [0.1, 0.15) is 15.9 Å². The van der Waals surface area contributed by atoms with Crippen LogP contribution in [-0.4, -0.2) is 54.3 Å². The summed E-state index contributed by atoms with van der Waals surface area (Å²) in [7, 11) is 0. The fourth-order valence-corrected chi connectivity index (χ4v) is 2.87. The minimum atomic E-state index is -0.400. The Morgan fingerprint density at radius 1 is 1.28 bits per heavy atom. The van der Waals surface area contributed by atoms with Gasteiger partial charge < -0.3 is 0 Å². The first-order chi connectivity index (χ1) is 8.65. The molecule has 18 heavy (non-hydrogen) atoms. The second kappa shape index (κ2) is 4.44. The smallest absolute Gasteiger partial charge is 0.184 e. The molecule has 3 fully saturated rings. The molecule has 0 spiro atoms. The zero-order valence-corrected chi connectivity index (χ0v) is 10.5. The maximum atomic E-state index is 13.8. The normalized spacial score (nSPS) is 30.4. The van der Waals surface area contributed by atoms with E-state index in [2.05, 4.69) is 9.80 Å². The molecule has 3 nitrogen and oxygen atoms in total. The molecule has 0 N–H and O–H groups in total. The number of halogens is 1. The number of Topliss-reactive ketones (excluding diaryl/α,β-unsaturated/α-hetero) is 1. The highest BCUT2D eigenvalue weighted by atomic mass is 19.1. The topological polar surface area (TPSA) is 23.6 Å². The highest BCUT2D eigenvalue weighted by Gasteiger charge is 2.37. The second-order valence-electron chi connectivity index (χ2n) is 5.20. The van der Waals surface area contributed by atoms with Crippen molar-refractivity contribution in [3.8, 4) is 0 Å². The van der Waals surface area contributed by atoms with Gasteiger partial charge in [-0.3, -0.25) is 14.6 Å². The second-order valence-corrected chi connectivity index (χ2v) is 5.20. The Morgan fingerprint density at radius 3 is 2.61 bits per heavy atom. The van der Waals surface area contributed by atoms with Crippen molar-refractivity contribution in [1.29, 1.82) is 0 Å². The van der Waals surface area contributed by atoms with E-state index in [1.54, 1.807) is 12.1 Å². The molecule has 4 heteroatoms. The van der Waals surface area contributed by atoms with Crippen molar-refractivity contribution in [3.63, 3.8) is 0 Å². The Bertz CT molecular complexity index is 481. The number of ketones is 1. The standard InChI is InChI=1S/C14H17FN2O/c1-10-2-3-12(15)11(8-10)14(18)13-9-16-4-6-17(13)7-5-16/h2-3,8,13H,4-7,9H2,1H3. The van der Waals surface area contributed by atoms with E-state index in [1.807, 2.05) is 6.92 Å². The number of benzene rings is 1. The van der Waals surface area contributed by atoms with Gasteiger partial charge in [-0.15, -0.1) is 0 Å². The lowest BCUT2D eigenvalue weighted by Crippen LogP contribution is -2.63. The minimum absolute atomic E-state index is 0.0689. The molecule has 0 saturated carbocycles. The summed E-state index contributed by atoms with van der Waals surface area (Å²) in [5, 5.41) is 0. The fraction of sp³-hybridized carbons (Fsp3) is 0.500. The summed E-state index contributed by atoms with van der Waals surface area (Å²) >= 11 is 0. The molecule has 1 aromatic rings. The third kappa shape index (κ3) is 1.95. The van der Waals surface area contributed by atoms with E-state index in [1.165, 1.54) is 6.07 Å². The Balaban J connectivity index is 1.88. The summed E-state index contributed by atoms with van der Waals surface area (Å²) in [4.78, 5) is 16.9. The van der Waals surface area contributed by atoms with E-state index in [-0.39, 0.29) is 17.4 Å². The molecule has 1 atom stereocenters. The summed E-state index contributed by atoms with van der Waals surface area (Å²) in [6.07, 6.45) is 0. The molecule has 96 valence electrons. The van der Waals surface area contributed by atoms with Crippen LogP contribution in [0.3, 0.4) is 0 Å². The van der Waals surface area contributed by atoms with Crippen molar-refractivity contribution >= 4 is 5.78 Å². The molecule has 3 saturated heterocycles. The first-order valence-electron chi connectivity index (χ1n) is 6.42. The molecule has 1 unspecified atom stereocenters. The van der Waals surface area contributed by atoms with Gasteiger partial charge in [0.15, 0.2) is 5.78 Å². The summed E-state index contributed by atoms with van der Waals surface area (Å²) in [5.74, 6) is -0.469. The maximum Gasteiger partial charge on any atom is 0.184 e. The molecule has 1 aromatic carbocycles. The first-order valence-corrected chi connectivity index (χ1v) is 6.42. The van der Waals surface area contributed by atoms with E-state index < -0.39 is 5.82 Å². The minimum Gasteiger partial charge on any atom is -0.299 e. The molecule has 0 aromatic heterocycles. The number of nitrogens with zero attached hydrogens (tertiary/aromatic N) is 2. The number of carbonyl (C=O) groups excluding carboxylic acids is 1. The van der Waals surface area contributed by atoms with Gasteiger partial charge in [0.25, 0.3) is 0 Å². The van der Waals surface area contributed by atoms with Gasteiger partial charge in [0.1, 0.15) is 5.82 Å². The van der Waals surface area contributed by atoms with Crippen LogP contribution in [0.5, 0.6) is 0 Å². The van der Waals surface area contributed by atoms with Crippen LogP contribution in [0.15, 0.2) is 18.2 Å². The predicted octanol–water partition coefficient (Wildman–Crippen LogP) is 1.32. The summed E-state index contributed by atoms with van der Waals surface area (Å²) in [6, 6.07) is 4.59. The van der Waals surface area contributed by atoms with Gasteiger partial charge in [-0.1, -0.05) is 11.6 Å². The number of piperazine rings is 3. The lowest BCUT2D eigenvalue weighted by Gasteiger charge is -2.46. The van der Waals surface area contributed by atoms with Crippen molar-refractivity contribution in [2.45, 2.75) is 13.0 Å². The fourth-order valence-electron chi connectivity index (χ4n) is 2.87. The van der Waals surface area contributed by atoms with E-state index >= 15 is 0 Å². The molecule has 0 amide bonds. The lowest BCUT2D eigenvalue weighted by atomic mass is 9.97. The average Bonchev–Trinajstić information content (AvgIpc) is 2.42. The zero-order valence-electron chi connectivity index (χ0n) is 10.5. The van der Waals surface area contributed by atoms with Gasteiger partial charge in [-0.25, -0.2) is 4.39 Å². The molecule has 2 bridgehead atoms. The van der Waals surface area contributed by atoms with Crippen molar-refractivity contribution < 1.29 is 9.18 Å². The van der Waals surface area contributed by atoms with Crippen LogP contribution in [0.25, 0.3) is 0 Å². The third-order valence-electron chi connectivity index (χ3n) is 3.97. The summed E-state index contributed by atoms with van der Waals surface area (Å²) in [5.41, 5.74) is 1.17. The van der Waals surface area contributed by atoms with Gasteiger partial charge in [0, 0.05) is 32.7 Å². The molecule has 3 aliphatic heterocycles. The number of hydrogen-bond acceptors (Lipinski definition) is 3. The Morgan fingerprint density at radius 2 is 2.00 bits per heavy atom. The van der Waals surface area contributed by atoms with Crippen LogP contribution < -0.4 is 0 Å². The van der Waals surface area contributed by atoms with Gasteiger partial charge in [-0.05, 0) is 19.1 Å². The molecule has 3 aliphatic rings. The van der Waals surface area contributed by atoms with Crippen LogP contribution in [0, 0.1) is 12.7 Å². The Labute approximate surface area is 106 Å². The quantitative estimate of drug-likeness (QED) is 0.737. The van der Waals surface area contributed by atoms with E-state index in [0.29, 0.717) is 0 Å². The van der Waals surface area contributed by atoms with Gasteiger partial charge >= 0.3 is 0 Å². The molecular weight excluding hydrogens is 231 g/mol. The number of aryl methyl sites for hydroxylation is 1. The number of fused-ring (bicyclic) bond motifs is 3. The summed E-state index contributed by atoms with van der Waals surface area (Å²) in [6.45, 7) is 6.52. The lowest BCUT2D eigenvalue weighted by molar-refractivity contribution is 0.0157. The van der Waals surface area contributed by atoms with Gasteiger partial charge in [0.05, 0.1) is 11.6 Å². The van der Waals surface area contributed by atoms with E-state index in [0.717, 1.165) is 38.3 Å². The maximum absolute atomic E-state index is 13.8. The highest BCUT2D eigenvalue weighted by Crippen LogP contribution is 2.21. The third-order valence-corrected chi connectivity index (χ3v) is 3.97. The van der Waals surface area contributed by atoms with Gasteiger partial charge in [-0.2, -0.15) is 0 Å². The number of rotatable bonds is 2. The monoisotopic (exact) mass is 248 g/mol.